The number of nitrogens with two attached hydrogens (primary N) is 1. The molecule has 0 fully saturated rings. The van der Waals surface area contributed by atoms with Crippen molar-refractivity contribution in [1.29, 1.82) is 5.41 Å². The van der Waals surface area contributed by atoms with E-state index in [2.05, 4.69) is 25.0 Å². The number of carbonyl (C=O) groups excluding carboxylic acids is 1. The molecule has 1 aromatic carbocycles. The molecule has 30 heavy (non-hydrogen) atoms. The van der Waals surface area contributed by atoms with Crippen molar-refractivity contribution in [3.05, 3.63) is 35.3 Å². The van der Waals surface area contributed by atoms with Crippen molar-refractivity contribution in [2.24, 2.45) is 5.73 Å². The zero-order chi connectivity index (χ0) is 22.3. The van der Waals surface area contributed by atoms with Gasteiger partial charge < -0.3 is 11.1 Å². The lowest BCUT2D eigenvalue weighted by atomic mass is 10.2. The Morgan fingerprint density at radius 3 is 2.73 bits per heavy atom. The first-order valence-electron chi connectivity index (χ1n) is 8.23. The highest BCUT2D eigenvalue weighted by Crippen LogP contribution is 2.26. The predicted molar refractivity (Wildman–Crippen MR) is 102 cm³/mol. The summed E-state index contributed by atoms with van der Waals surface area (Å²) in [6.07, 6.45) is -3.33. The fourth-order valence-corrected chi connectivity index (χ4v) is 3.99. The minimum atomic E-state index is -3.67. The van der Waals surface area contributed by atoms with E-state index in [0.717, 1.165) is 23.9 Å². The molecule has 10 nitrogen and oxygen atoms in total. The molecule has 1 aromatic heterocycles. The number of anilines is 1. The number of thioether (sulfide) groups is 1. The van der Waals surface area contributed by atoms with Gasteiger partial charge >= 0.3 is 0 Å². The van der Waals surface area contributed by atoms with Crippen molar-refractivity contribution in [3.8, 4) is 0 Å². The third-order valence-corrected chi connectivity index (χ3v) is 5.81. The molecule has 0 aliphatic carbocycles. The smallest absolute Gasteiger partial charge is 0.266 e. The van der Waals surface area contributed by atoms with Gasteiger partial charge in [0.2, 0.25) is 15.9 Å². The topological polar surface area (TPSA) is 164 Å². The molecule has 0 spiro atoms. The van der Waals surface area contributed by atoms with Crippen molar-refractivity contribution in [2.75, 3.05) is 23.4 Å². The van der Waals surface area contributed by atoms with Crippen molar-refractivity contribution >= 4 is 39.2 Å². The number of alkyl halides is 2. The molecule has 164 valence electrons. The molecule has 0 aliphatic rings. The van der Waals surface area contributed by atoms with Crippen LogP contribution in [0.4, 0.5) is 18.9 Å². The van der Waals surface area contributed by atoms with Crippen molar-refractivity contribution in [2.45, 2.75) is 17.9 Å². The summed E-state index contributed by atoms with van der Waals surface area (Å²) in [7, 11) is -3.67. The Kier molecular flexibility index (Phi) is 8.19. The first-order chi connectivity index (χ1) is 14.1. The van der Waals surface area contributed by atoms with Crippen LogP contribution in [0.25, 0.3) is 0 Å². The molecule has 1 heterocycles. The SMILES string of the molecule is N=C(Nc1ccc(F)c(C(F)F)c1)c1nonc1SCCNS(=O)(=O)CCC(N)=O. The highest BCUT2D eigenvalue weighted by atomic mass is 32.2. The van der Waals surface area contributed by atoms with Gasteiger partial charge in [0, 0.05) is 24.4 Å². The minimum Gasteiger partial charge on any atom is -0.370 e. The number of carbonyl (C=O) groups is 1. The third-order valence-electron chi connectivity index (χ3n) is 3.48. The molecule has 0 unspecified atom stereocenters. The van der Waals surface area contributed by atoms with Gasteiger partial charge in [-0.3, -0.25) is 10.2 Å². The fourth-order valence-electron chi connectivity index (χ4n) is 2.07. The Morgan fingerprint density at radius 2 is 2.07 bits per heavy atom. The van der Waals surface area contributed by atoms with Crippen LogP contribution in [0, 0.1) is 11.2 Å². The number of aromatic nitrogens is 2. The number of halogens is 3. The van der Waals surface area contributed by atoms with Gasteiger partial charge in [-0.15, -0.1) is 0 Å². The van der Waals surface area contributed by atoms with Gasteiger partial charge in [-0.05, 0) is 28.5 Å². The Hall–Kier alpha value is -2.65. The maximum atomic E-state index is 13.4. The second-order valence-corrected chi connectivity index (χ2v) is 8.74. The van der Waals surface area contributed by atoms with Crippen LogP contribution >= 0.6 is 11.8 Å². The molecule has 0 saturated carbocycles. The normalized spacial score (nSPS) is 11.6. The van der Waals surface area contributed by atoms with Gasteiger partial charge in [-0.1, -0.05) is 11.8 Å². The van der Waals surface area contributed by atoms with Crippen molar-refractivity contribution in [3.63, 3.8) is 0 Å². The lowest BCUT2D eigenvalue weighted by Crippen LogP contribution is -2.30. The van der Waals surface area contributed by atoms with Gasteiger partial charge in [-0.25, -0.2) is 30.9 Å². The summed E-state index contributed by atoms with van der Waals surface area (Å²) in [4.78, 5) is 10.7. The number of hydrogen-bond donors (Lipinski definition) is 4. The molecule has 0 atom stereocenters. The van der Waals surface area contributed by atoms with E-state index in [1.54, 1.807) is 0 Å². The Morgan fingerprint density at radius 1 is 1.33 bits per heavy atom. The summed E-state index contributed by atoms with van der Waals surface area (Å²) in [5.41, 5.74) is 4.09. The van der Waals surface area contributed by atoms with Crippen LogP contribution in [0.2, 0.25) is 0 Å². The lowest BCUT2D eigenvalue weighted by molar-refractivity contribution is -0.117. The van der Waals surface area contributed by atoms with Crippen LogP contribution < -0.4 is 15.8 Å². The average Bonchev–Trinajstić information content (AvgIpc) is 3.14. The molecule has 2 rings (SSSR count). The van der Waals surface area contributed by atoms with E-state index in [1.165, 1.54) is 6.07 Å². The average molecular weight is 466 g/mol. The van der Waals surface area contributed by atoms with E-state index in [1.807, 2.05) is 0 Å². The molecule has 0 bridgehead atoms. The van der Waals surface area contributed by atoms with Crippen LogP contribution in [0.15, 0.2) is 27.9 Å². The first kappa shape index (κ1) is 23.6. The molecule has 0 aliphatic heterocycles. The third kappa shape index (κ3) is 7.00. The highest BCUT2D eigenvalue weighted by molar-refractivity contribution is 7.99. The van der Waals surface area contributed by atoms with Gasteiger partial charge in [-0.2, -0.15) is 0 Å². The number of amidine groups is 1. The number of nitrogens with one attached hydrogen (secondary N) is 3. The van der Waals surface area contributed by atoms with E-state index < -0.39 is 39.5 Å². The van der Waals surface area contributed by atoms with E-state index >= 15 is 0 Å². The predicted octanol–water partition coefficient (Wildman–Crippen LogP) is 1.47. The maximum Gasteiger partial charge on any atom is 0.266 e. The lowest BCUT2D eigenvalue weighted by Gasteiger charge is -2.09. The largest absolute Gasteiger partial charge is 0.370 e. The van der Waals surface area contributed by atoms with E-state index in [-0.39, 0.29) is 41.0 Å². The number of rotatable bonds is 11. The number of hydrogen-bond acceptors (Lipinski definition) is 8. The number of benzene rings is 1. The van der Waals surface area contributed by atoms with Crippen molar-refractivity contribution < 1.29 is 31.0 Å². The van der Waals surface area contributed by atoms with Gasteiger partial charge in [0.1, 0.15) is 5.82 Å². The van der Waals surface area contributed by atoms with Gasteiger partial charge in [0.05, 0.1) is 11.3 Å². The first-order valence-corrected chi connectivity index (χ1v) is 10.9. The molecular weight excluding hydrogens is 449 g/mol. The van der Waals surface area contributed by atoms with Crippen LogP contribution in [0.5, 0.6) is 0 Å². The summed E-state index contributed by atoms with van der Waals surface area (Å²) in [5, 5.41) is 17.8. The Balaban J connectivity index is 1.93. The Labute approximate surface area is 173 Å². The van der Waals surface area contributed by atoms with E-state index in [4.69, 9.17) is 11.1 Å². The summed E-state index contributed by atoms with van der Waals surface area (Å²) in [5.74, 6) is -2.39. The summed E-state index contributed by atoms with van der Waals surface area (Å²) < 4.78 is 69.2. The second kappa shape index (κ2) is 10.4. The molecule has 1 amide bonds. The number of primary amides is 1. The van der Waals surface area contributed by atoms with Crippen LogP contribution in [0.1, 0.15) is 24.1 Å². The number of nitrogens with zero attached hydrogens (tertiary/aromatic N) is 2. The molecule has 2 aromatic rings. The summed E-state index contributed by atoms with van der Waals surface area (Å²) >= 11 is 1.02. The second-order valence-electron chi connectivity index (χ2n) is 5.73. The molecule has 15 heteroatoms. The van der Waals surface area contributed by atoms with E-state index in [0.29, 0.717) is 0 Å². The molecule has 5 N–H and O–H groups in total. The number of sulfonamides is 1. The molecule has 0 radical (unpaired) electrons. The van der Waals surface area contributed by atoms with E-state index in [9.17, 15) is 26.4 Å². The minimum absolute atomic E-state index is 0.00542. The highest BCUT2D eigenvalue weighted by Gasteiger charge is 2.19. The zero-order valence-corrected chi connectivity index (χ0v) is 16.8. The van der Waals surface area contributed by atoms with Crippen LogP contribution in [-0.2, 0) is 14.8 Å². The zero-order valence-electron chi connectivity index (χ0n) is 15.2. The standard InChI is InChI=1S/C15H17F3N6O4S2/c16-10-2-1-8(7-9(10)13(17)18)22-14(20)12-15(24-28-23-12)29-5-4-21-30(26,27)6-3-11(19)25/h1-2,7,13,21H,3-6H2,(H2,19,25)(H2,20,22). The Bertz CT molecular complexity index is 1020. The van der Waals surface area contributed by atoms with Gasteiger partial charge in [0.15, 0.2) is 16.6 Å². The monoisotopic (exact) mass is 466 g/mol. The summed E-state index contributed by atoms with van der Waals surface area (Å²) in [6.45, 7) is -0.00542. The maximum absolute atomic E-state index is 13.4. The summed E-state index contributed by atoms with van der Waals surface area (Å²) in [6, 6.07) is 2.89. The molecule has 0 saturated heterocycles. The van der Waals surface area contributed by atoms with Crippen LogP contribution in [0.3, 0.4) is 0 Å². The van der Waals surface area contributed by atoms with Crippen molar-refractivity contribution in [1.82, 2.24) is 15.0 Å². The molecular formula is C15H17F3N6O4S2. The fraction of sp³-hybridized carbons (Fsp3) is 0.333. The number of amides is 1. The van der Waals surface area contributed by atoms with Crippen LogP contribution in [-0.4, -0.2) is 48.5 Å². The quantitative estimate of drug-likeness (QED) is 0.167. The van der Waals surface area contributed by atoms with Gasteiger partial charge in [0.25, 0.3) is 6.43 Å².